The molecule has 1 rings (SSSR count). The Morgan fingerprint density at radius 3 is 2.61 bits per heavy atom. The van der Waals surface area contributed by atoms with E-state index in [4.69, 9.17) is 5.11 Å². The van der Waals surface area contributed by atoms with E-state index in [0.717, 1.165) is 0 Å². The molecular formula is C11H18N4O3. The Balaban J connectivity index is 2.62. The standard InChI is InChI=1S/C11H18N4O3/c1-11(2,3)15(7-9(16)17)10(18)14-6-8-12-4-5-13-8/h4-5H,6-7H2,1-3H3,(H,12,13)(H,14,18)(H,16,17). The van der Waals surface area contributed by atoms with Crippen molar-refractivity contribution in [3.63, 3.8) is 0 Å². The number of carbonyl (C=O) groups excluding carboxylic acids is 1. The molecule has 7 nitrogen and oxygen atoms in total. The maximum atomic E-state index is 11.9. The van der Waals surface area contributed by atoms with E-state index in [1.807, 2.05) is 0 Å². The van der Waals surface area contributed by atoms with Crippen molar-refractivity contribution >= 4 is 12.0 Å². The fourth-order valence-electron chi connectivity index (χ4n) is 1.40. The molecule has 0 saturated heterocycles. The summed E-state index contributed by atoms with van der Waals surface area (Å²) in [5.74, 6) is -0.425. The lowest BCUT2D eigenvalue weighted by atomic mass is 10.1. The number of carboxylic acids is 1. The van der Waals surface area contributed by atoms with Gasteiger partial charge in [-0.3, -0.25) is 4.79 Å². The first-order valence-electron chi connectivity index (χ1n) is 5.56. The molecule has 1 aromatic rings. The highest BCUT2D eigenvalue weighted by Crippen LogP contribution is 2.12. The Hall–Kier alpha value is -2.05. The SMILES string of the molecule is CC(C)(C)N(CC(=O)O)C(=O)NCc1ncc[nH]1. The number of H-pyrrole nitrogens is 1. The number of rotatable bonds is 4. The van der Waals surface area contributed by atoms with Crippen LogP contribution in [-0.4, -0.2) is 44.1 Å². The Bertz CT molecular complexity index is 408. The predicted octanol–water partition coefficient (Wildman–Crippen LogP) is 0.804. The fraction of sp³-hybridized carbons (Fsp3) is 0.545. The van der Waals surface area contributed by atoms with E-state index in [9.17, 15) is 9.59 Å². The third-order valence-electron chi connectivity index (χ3n) is 2.31. The van der Waals surface area contributed by atoms with E-state index in [2.05, 4.69) is 15.3 Å². The molecule has 0 spiro atoms. The van der Waals surface area contributed by atoms with Crippen molar-refractivity contribution in [2.45, 2.75) is 32.9 Å². The number of hydrogen-bond acceptors (Lipinski definition) is 3. The highest BCUT2D eigenvalue weighted by molar-refractivity contribution is 5.80. The van der Waals surface area contributed by atoms with E-state index in [1.165, 1.54) is 4.90 Å². The van der Waals surface area contributed by atoms with Crippen LogP contribution in [0.3, 0.4) is 0 Å². The highest BCUT2D eigenvalue weighted by Gasteiger charge is 2.28. The number of aromatic amines is 1. The zero-order valence-electron chi connectivity index (χ0n) is 10.7. The lowest BCUT2D eigenvalue weighted by molar-refractivity contribution is -0.138. The first-order valence-corrected chi connectivity index (χ1v) is 5.56. The fourth-order valence-corrected chi connectivity index (χ4v) is 1.40. The number of aromatic nitrogens is 2. The minimum Gasteiger partial charge on any atom is -0.480 e. The second-order valence-electron chi connectivity index (χ2n) is 4.85. The Morgan fingerprint density at radius 2 is 2.17 bits per heavy atom. The smallest absolute Gasteiger partial charge is 0.323 e. The molecule has 18 heavy (non-hydrogen) atoms. The molecule has 7 heteroatoms. The summed E-state index contributed by atoms with van der Waals surface area (Å²) in [7, 11) is 0. The van der Waals surface area contributed by atoms with Crippen LogP contribution < -0.4 is 5.32 Å². The quantitative estimate of drug-likeness (QED) is 0.740. The summed E-state index contributed by atoms with van der Waals surface area (Å²) in [6, 6.07) is -0.429. The molecule has 0 bridgehead atoms. The molecule has 0 aromatic carbocycles. The molecule has 0 fully saturated rings. The zero-order valence-corrected chi connectivity index (χ0v) is 10.7. The molecule has 0 aliphatic carbocycles. The molecule has 1 aromatic heterocycles. The number of carbonyl (C=O) groups is 2. The second kappa shape index (κ2) is 5.52. The minimum atomic E-state index is -1.04. The first-order chi connectivity index (χ1) is 8.30. The molecule has 0 aliphatic rings. The van der Waals surface area contributed by atoms with Crippen molar-refractivity contribution < 1.29 is 14.7 Å². The Kier molecular flexibility index (Phi) is 4.30. The third kappa shape index (κ3) is 4.08. The molecular weight excluding hydrogens is 236 g/mol. The third-order valence-corrected chi connectivity index (χ3v) is 2.31. The van der Waals surface area contributed by atoms with Crippen LogP contribution in [0.1, 0.15) is 26.6 Å². The summed E-state index contributed by atoms with van der Waals surface area (Å²) in [6.45, 7) is 5.23. The van der Waals surface area contributed by atoms with Crippen LogP contribution in [0, 0.1) is 0 Å². The molecule has 0 aliphatic heterocycles. The predicted molar refractivity (Wildman–Crippen MR) is 64.9 cm³/mol. The van der Waals surface area contributed by atoms with Crippen molar-refractivity contribution in [2.24, 2.45) is 0 Å². The van der Waals surface area contributed by atoms with Gasteiger partial charge in [0.2, 0.25) is 0 Å². The summed E-state index contributed by atoms with van der Waals surface area (Å²) in [5.41, 5.74) is -0.564. The van der Waals surface area contributed by atoms with Crippen molar-refractivity contribution in [3.05, 3.63) is 18.2 Å². The number of nitrogens with one attached hydrogen (secondary N) is 2. The van der Waals surface area contributed by atoms with E-state index in [1.54, 1.807) is 33.2 Å². The summed E-state index contributed by atoms with van der Waals surface area (Å²) >= 11 is 0. The number of urea groups is 1. The lowest BCUT2D eigenvalue weighted by Gasteiger charge is -2.34. The molecule has 0 radical (unpaired) electrons. The average molecular weight is 254 g/mol. The van der Waals surface area contributed by atoms with Crippen molar-refractivity contribution in [2.75, 3.05) is 6.54 Å². The van der Waals surface area contributed by atoms with E-state index in [-0.39, 0.29) is 13.1 Å². The summed E-state index contributed by atoms with van der Waals surface area (Å²) in [4.78, 5) is 30.8. The van der Waals surface area contributed by atoms with Gasteiger partial charge in [-0.2, -0.15) is 0 Å². The van der Waals surface area contributed by atoms with Crippen LogP contribution in [-0.2, 0) is 11.3 Å². The number of carboxylic acid groups (broad SMARTS) is 1. The van der Waals surface area contributed by atoms with Gasteiger partial charge in [-0.1, -0.05) is 0 Å². The largest absolute Gasteiger partial charge is 0.480 e. The van der Waals surface area contributed by atoms with Crippen molar-refractivity contribution in [1.82, 2.24) is 20.2 Å². The maximum Gasteiger partial charge on any atom is 0.323 e. The van der Waals surface area contributed by atoms with Crippen LogP contribution in [0.5, 0.6) is 0 Å². The highest BCUT2D eigenvalue weighted by atomic mass is 16.4. The van der Waals surface area contributed by atoms with E-state index in [0.29, 0.717) is 5.82 Å². The van der Waals surface area contributed by atoms with Crippen LogP contribution in [0.4, 0.5) is 4.79 Å². The van der Waals surface area contributed by atoms with E-state index >= 15 is 0 Å². The number of amides is 2. The molecule has 2 amide bonds. The van der Waals surface area contributed by atoms with Gasteiger partial charge in [0.15, 0.2) is 0 Å². The number of imidazole rings is 1. The first kappa shape index (κ1) is 14.0. The van der Waals surface area contributed by atoms with Crippen LogP contribution in [0.15, 0.2) is 12.4 Å². The molecule has 100 valence electrons. The van der Waals surface area contributed by atoms with Gasteiger partial charge < -0.3 is 20.3 Å². The molecule has 0 saturated carbocycles. The van der Waals surface area contributed by atoms with Crippen LogP contribution in [0.2, 0.25) is 0 Å². The molecule has 0 unspecified atom stereocenters. The number of hydrogen-bond donors (Lipinski definition) is 3. The van der Waals surface area contributed by atoms with Gasteiger partial charge in [-0.15, -0.1) is 0 Å². The lowest BCUT2D eigenvalue weighted by Crippen LogP contribution is -2.52. The van der Waals surface area contributed by atoms with Gasteiger partial charge in [0, 0.05) is 17.9 Å². The summed E-state index contributed by atoms with van der Waals surface area (Å²) in [6.07, 6.45) is 3.24. The van der Waals surface area contributed by atoms with Gasteiger partial charge in [-0.05, 0) is 20.8 Å². The average Bonchev–Trinajstić information content (AvgIpc) is 2.73. The van der Waals surface area contributed by atoms with Gasteiger partial charge in [0.1, 0.15) is 12.4 Å². The number of nitrogens with zero attached hydrogens (tertiary/aromatic N) is 2. The van der Waals surface area contributed by atoms with E-state index < -0.39 is 17.5 Å². The summed E-state index contributed by atoms with van der Waals surface area (Å²) < 4.78 is 0. The summed E-state index contributed by atoms with van der Waals surface area (Å²) in [5, 5.41) is 11.4. The van der Waals surface area contributed by atoms with Gasteiger partial charge >= 0.3 is 12.0 Å². The maximum absolute atomic E-state index is 11.9. The Morgan fingerprint density at radius 1 is 1.50 bits per heavy atom. The monoisotopic (exact) mass is 254 g/mol. The van der Waals surface area contributed by atoms with Crippen molar-refractivity contribution in [1.29, 1.82) is 0 Å². The van der Waals surface area contributed by atoms with Crippen molar-refractivity contribution in [3.8, 4) is 0 Å². The van der Waals surface area contributed by atoms with Gasteiger partial charge in [-0.25, -0.2) is 9.78 Å². The van der Waals surface area contributed by atoms with Gasteiger partial charge in [0.05, 0.1) is 6.54 Å². The second-order valence-corrected chi connectivity index (χ2v) is 4.85. The Labute approximate surface area is 105 Å². The zero-order chi connectivity index (χ0) is 13.8. The van der Waals surface area contributed by atoms with Crippen LogP contribution in [0.25, 0.3) is 0 Å². The van der Waals surface area contributed by atoms with Gasteiger partial charge in [0.25, 0.3) is 0 Å². The topological polar surface area (TPSA) is 98.3 Å². The molecule has 1 heterocycles. The van der Waals surface area contributed by atoms with Crippen LogP contribution >= 0.6 is 0 Å². The molecule has 0 atom stereocenters. The normalized spacial score (nSPS) is 11.1. The molecule has 3 N–H and O–H groups in total. The minimum absolute atomic E-state index is 0.234. The number of aliphatic carboxylic acids is 1.